The number of amides is 5. The fraction of sp³-hybridized carbons (Fsp3) is 0.667. The van der Waals surface area contributed by atoms with E-state index in [-0.39, 0.29) is 12.8 Å². The fourth-order valence-corrected chi connectivity index (χ4v) is 2.55. The highest BCUT2D eigenvalue weighted by Crippen LogP contribution is 2.08. The second-order valence-electron chi connectivity index (χ2n) is 7.30. The van der Waals surface area contributed by atoms with Crippen LogP contribution < -0.4 is 33.2 Å². The van der Waals surface area contributed by atoms with Crippen LogP contribution in [0.4, 0.5) is 0 Å². The molecule has 0 heterocycles. The molecule has 5 atom stereocenters. The molecule has 5 unspecified atom stereocenters. The number of primary amides is 2. The summed E-state index contributed by atoms with van der Waals surface area (Å²) in [5, 5.41) is 25.5. The van der Waals surface area contributed by atoms with Crippen molar-refractivity contribution >= 4 is 35.5 Å². The molecular weight excluding hydrogens is 428 g/mol. The molecule has 0 saturated carbocycles. The number of hydrogen-bond donors (Lipinski definition) is 8. The van der Waals surface area contributed by atoms with E-state index in [0.717, 1.165) is 0 Å². The van der Waals surface area contributed by atoms with Gasteiger partial charge in [-0.25, -0.2) is 4.79 Å². The number of rotatable bonds is 15. The molecule has 0 aliphatic carbocycles. The summed E-state index contributed by atoms with van der Waals surface area (Å²) >= 11 is 0. The molecule has 0 aliphatic heterocycles. The van der Waals surface area contributed by atoms with Crippen LogP contribution in [0.15, 0.2) is 0 Å². The topological polar surface area (TPSA) is 257 Å². The minimum Gasteiger partial charge on any atom is -0.480 e. The van der Waals surface area contributed by atoms with Gasteiger partial charge >= 0.3 is 5.97 Å². The predicted molar refractivity (Wildman–Crippen MR) is 110 cm³/mol. The zero-order valence-electron chi connectivity index (χ0n) is 18.0. The van der Waals surface area contributed by atoms with Gasteiger partial charge in [0.1, 0.15) is 18.1 Å². The van der Waals surface area contributed by atoms with E-state index in [9.17, 15) is 39.0 Å². The molecule has 0 aromatic rings. The first-order valence-corrected chi connectivity index (χ1v) is 9.90. The van der Waals surface area contributed by atoms with Crippen molar-refractivity contribution < 1.29 is 39.0 Å². The van der Waals surface area contributed by atoms with Crippen LogP contribution in [-0.2, 0) is 28.8 Å². The Morgan fingerprint density at radius 3 is 1.84 bits per heavy atom. The average Bonchev–Trinajstić information content (AvgIpc) is 2.70. The molecular formula is C18H32N6O8. The van der Waals surface area contributed by atoms with Crippen molar-refractivity contribution in [2.75, 3.05) is 6.61 Å². The molecule has 0 aromatic heterocycles. The molecule has 0 aromatic carbocycles. The molecule has 0 radical (unpaired) electrons. The molecule has 0 saturated heterocycles. The lowest BCUT2D eigenvalue weighted by atomic mass is 9.99. The lowest BCUT2D eigenvalue weighted by molar-refractivity contribution is -0.144. The van der Waals surface area contributed by atoms with Crippen molar-refractivity contribution in [1.29, 1.82) is 0 Å². The standard InChI is InChI=1S/C18H32N6O8/c1-3-8(2)14(18(31)32)24-17(30)11(7-25)23-16(29)10(4-5-12(20)26)22-15(28)9(19)6-13(21)27/h8-11,14,25H,3-7,19H2,1-2H3,(H2,20,26)(H2,21,27)(H,22,28)(H,23,29)(H,24,30)(H,31,32). The number of aliphatic hydroxyl groups is 1. The van der Waals surface area contributed by atoms with Gasteiger partial charge in [-0.05, 0) is 12.3 Å². The highest BCUT2D eigenvalue weighted by molar-refractivity contribution is 5.95. The van der Waals surface area contributed by atoms with Crippen LogP contribution in [0.2, 0.25) is 0 Å². The number of carboxylic acid groups (broad SMARTS) is 1. The third kappa shape index (κ3) is 10.2. The summed E-state index contributed by atoms with van der Waals surface area (Å²) in [7, 11) is 0. The SMILES string of the molecule is CCC(C)C(NC(=O)C(CO)NC(=O)C(CCC(N)=O)NC(=O)C(N)CC(N)=O)C(=O)O. The van der Waals surface area contributed by atoms with E-state index in [0.29, 0.717) is 6.42 Å². The number of nitrogens with one attached hydrogen (secondary N) is 3. The van der Waals surface area contributed by atoms with Crippen LogP contribution in [0.25, 0.3) is 0 Å². The summed E-state index contributed by atoms with van der Waals surface area (Å²) in [4.78, 5) is 70.5. The van der Waals surface area contributed by atoms with Gasteiger partial charge in [-0.3, -0.25) is 24.0 Å². The lowest BCUT2D eigenvalue weighted by Crippen LogP contribution is -2.58. The third-order valence-corrected chi connectivity index (χ3v) is 4.66. The van der Waals surface area contributed by atoms with Crippen molar-refractivity contribution in [2.45, 2.75) is 63.7 Å². The Hall–Kier alpha value is -3.26. The molecule has 11 N–H and O–H groups in total. The Morgan fingerprint density at radius 2 is 1.41 bits per heavy atom. The van der Waals surface area contributed by atoms with Gasteiger partial charge in [-0.15, -0.1) is 0 Å². The van der Waals surface area contributed by atoms with Crippen molar-refractivity contribution in [3.8, 4) is 0 Å². The van der Waals surface area contributed by atoms with Crippen LogP contribution in [0, 0.1) is 5.92 Å². The normalized spacial score (nSPS) is 15.4. The van der Waals surface area contributed by atoms with Gasteiger partial charge in [0.25, 0.3) is 0 Å². The van der Waals surface area contributed by atoms with Crippen molar-refractivity contribution in [1.82, 2.24) is 16.0 Å². The molecule has 32 heavy (non-hydrogen) atoms. The smallest absolute Gasteiger partial charge is 0.326 e. The van der Waals surface area contributed by atoms with Gasteiger partial charge < -0.3 is 43.4 Å². The maximum Gasteiger partial charge on any atom is 0.326 e. The van der Waals surface area contributed by atoms with E-state index in [1.165, 1.54) is 0 Å². The molecule has 0 rings (SSSR count). The van der Waals surface area contributed by atoms with E-state index in [1.54, 1.807) is 13.8 Å². The molecule has 0 spiro atoms. The minimum absolute atomic E-state index is 0.263. The van der Waals surface area contributed by atoms with Gasteiger partial charge in [-0.2, -0.15) is 0 Å². The number of nitrogens with two attached hydrogens (primary N) is 3. The van der Waals surface area contributed by atoms with E-state index < -0.39 is 78.6 Å². The Balaban J connectivity index is 5.36. The lowest BCUT2D eigenvalue weighted by Gasteiger charge is -2.25. The summed E-state index contributed by atoms with van der Waals surface area (Å²) in [6.07, 6.45) is -0.626. The van der Waals surface area contributed by atoms with Gasteiger partial charge in [-0.1, -0.05) is 20.3 Å². The zero-order valence-corrected chi connectivity index (χ0v) is 18.0. The number of carbonyl (C=O) groups excluding carboxylic acids is 5. The fourth-order valence-electron chi connectivity index (χ4n) is 2.55. The van der Waals surface area contributed by atoms with Gasteiger partial charge in [0.05, 0.1) is 19.1 Å². The molecule has 0 aliphatic rings. The molecule has 14 nitrogen and oxygen atoms in total. The highest BCUT2D eigenvalue weighted by atomic mass is 16.4. The number of carbonyl (C=O) groups is 6. The Bertz CT molecular complexity index is 716. The quantitative estimate of drug-likeness (QED) is 0.118. The third-order valence-electron chi connectivity index (χ3n) is 4.66. The second-order valence-corrected chi connectivity index (χ2v) is 7.30. The first kappa shape index (κ1) is 28.7. The van der Waals surface area contributed by atoms with Crippen LogP contribution in [0.3, 0.4) is 0 Å². The molecule has 5 amide bonds. The number of aliphatic carboxylic acids is 1. The van der Waals surface area contributed by atoms with E-state index in [4.69, 9.17) is 17.2 Å². The summed E-state index contributed by atoms with van der Waals surface area (Å²) in [5.74, 6) is -6.17. The largest absolute Gasteiger partial charge is 0.480 e. The maximum atomic E-state index is 12.6. The summed E-state index contributed by atoms with van der Waals surface area (Å²) in [6, 6.07) is -5.54. The van der Waals surface area contributed by atoms with Gasteiger partial charge in [0.15, 0.2) is 0 Å². The minimum atomic E-state index is -1.54. The highest BCUT2D eigenvalue weighted by Gasteiger charge is 2.31. The molecule has 0 bridgehead atoms. The van der Waals surface area contributed by atoms with E-state index in [2.05, 4.69) is 16.0 Å². The monoisotopic (exact) mass is 460 g/mol. The van der Waals surface area contributed by atoms with Crippen molar-refractivity contribution in [3.05, 3.63) is 0 Å². The van der Waals surface area contributed by atoms with Gasteiger partial charge in [0, 0.05) is 6.42 Å². The first-order valence-electron chi connectivity index (χ1n) is 9.90. The first-order chi connectivity index (χ1) is 14.8. The number of carboxylic acids is 1. The van der Waals surface area contributed by atoms with E-state index >= 15 is 0 Å². The van der Waals surface area contributed by atoms with Crippen LogP contribution >= 0.6 is 0 Å². The van der Waals surface area contributed by atoms with Crippen LogP contribution in [-0.4, -0.2) is 76.5 Å². The van der Waals surface area contributed by atoms with Crippen molar-refractivity contribution in [3.63, 3.8) is 0 Å². The molecule has 14 heteroatoms. The van der Waals surface area contributed by atoms with Crippen molar-refractivity contribution in [2.24, 2.45) is 23.1 Å². The zero-order chi connectivity index (χ0) is 25.0. The van der Waals surface area contributed by atoms with Crippen LogP contribution in [0.1, 0.15) is 39.5 Å². The Labute approximate surface area is 184 Å². The maximum absolute atomic E-state index is 12.6. The molecule has 0 fully saturated rings. The summed E-state index contributed by atoms with van der Waals surface area (Å²) < 4.78 is 0. The number of aliphatic hydroxyl groups excluding tert-OH is 1. The van der Waals surface area contributed by atoms with E-state index in [1.807, 2.05) is 0 Å². The predicted octanol–water partition coefficient (Wildman–Crippen LogP) is -3.97. The Morgan fingerprint density at radius 1 is 0.875 bits per heavy atom. The molecule has 182 valence electrons. The Kier molecular flexibility index (Phi) is 12.5. The average molecular weight is 460 g/mol. The van der Waals surface area contributed by atoms with Gasteiger partial charge in [0.2, 0.25) is 29.5 Å². The van der Waals surface area contributed by atoms with Crippen LogP contribution in [0.5, 0.6) is 0 Å². The number of hydrogen-bond acceptors (Lipinski definition) is 8. The summed E-state index contributed by atoms with van der Waals surface area (Å²) in [5.41, 5.74) is 15.6. The second kappa shape index (κ2) is 13.9. The summed E-state index contributed by atoms with van der Waals surface area (Å²) in [6.45, 7) is 2.46.